The fourth-order valence-corrected chi connectivity index (χ4v) is 4.58. The monoisotopic (exact) mass is 496 g/mol. The predicted octanol–water partition coefficient (Wildman–Crippen LogP) is 6.55. The second-order valence-electron chi connectivity index (χ2n) is 7.37. The number of aryl methyl sites for hydroxylation is 1. The minimum absolute atomic E-state index is 0.155. The fourth-order valence-electron chi connectivity index (χ4n) is 3.32. The molecule has 1 aromatic heterocycles. The average molecular weight is 498 g/mol. The Bertz CT molecular complexity index is 1120. The summed E-state index contributed by atoms with van der Waals surface area (Å²) in [5, 5.41) is 4.83. The standard InChI is InChI=1S/C22H19Cl3N2O3S/c1-12-20(25)21(31-27-12)26-19(28)9-13-3-6-15(7-4-13)22(2)29-11-18(30-22)14-5-8-16(23)17(24)10-14/h3-8,10,18H,9,11H2,1-2H3,(H,26,28). The van der Waals surface area contributed by atoms with Crippen LogP contribution in [-0.4, -0.2) is 16.9 Å². The van der Waals surface area contributed by atoms with Crippen molar-refractivity contribution in [3.8, 4) is 0 Å². The molecule has 1 N–H and O–H groups in total. The van der Waals surface area contributed by atoms with Gasteiger partial charge in [-0.15, -0.1) is 0 Å². The highest BCUT2D eigenvalue weighted by Crippen LogP contribution is 2.41. The van der Waals surface area contributed by atoms with Gasteiger partial charge in [-0.3, -0.25) is 4.79 Å². The zero-order chi connectivity index (χ0) is 22.2. The molecule has 0 bridgehead atoms. The third-order valence-electron chi connectivity index (χ3n) is 5.08. The molecule has 31 heavy (non-hydrogen) atoms. The number of ether oxygens (including phenoxy) is 2. The highest BCUT2D eigenvalue weighted by molar-refractivity contribution is 7.11. The summed E-state index contributed by atoms with van der Waals surface area (Å²) >= 11 is 19.4. The number of amides is 1. The van der Waals surface area contributed by atoms with Gasteiger partial charge in [-0.2, -0.15) is 4.37 Å². The molecular formula is C22H19Cl3N2O3S. The molecule has 5 nitrogen and oxygen atoms in total. The summed E-state index contributed by atoms with van der Waals surface area (Å²) in [5.41, 5.74) is 3.33. The molecule has 162 valence electrons. The number of nitrogens with zero attached hydrogens (tertiary/aromatic N) is 1. The van der Waals surface area contributed by atoms with E-state index in [-0.39, 0.29) is 18.4 Å². The highest BCUT2D eigenvalue weighted by atomic mass is 35.5. The topological polar surface area (TPSA) is 60.5 Å². The number of anilines is 1. The Morgan fingerprint density at radius 2 is 1.94 bits per heavy atom. The van der Waals surface area contributed by atoms with Crippen molar-refractivity contribution in [2.24, 2.45) is 0 Å². The Hall–Kier alpha value is -1.67. The molecule has 1 fully saturated rings. The maximum absolute atomic E-state index is 12.3. The van der Waals surface area contributed by atoms with Crippen LogP contribution in [-0.2, 0) is 26.5 Å². The summed E-state index contributed by atoms with van der Waals surface area (Å²) in [7, 11) is 0. The first-order valence-electron chi connectivity index (χ1n) is 9.53. The average Bonchev–Trinajstić information content (AvgIpc) is 3.29. The number of hydrogen-bond acceptors (Lipinski definition) is 5. The maximum Gasteiger partial charge on any atom is 0.229 e. The number of halogens is 3. The van der Waals surface area contributed by atoms with Gasteiger partial charge in [-0.25, -0.2) is 0 Å². The Labute approximate surface area is 199 Å². The molecule has 1 amide bonds. The molecule has 2 unspecified atom stereocenters. The van der Waals surface area contributed by atoms with Crippen molar-refractivity contribution in [1.29, 1.82) is 0 Å². The van der Waals surface area contributed by atoms with Crippen molar-refractivity contribution in [3.63, 3.8) is 0 Å². The lowest BCUT2D eigenvalue weighted by molar-refractivity contribution is -0.162. The lowest BCUT2D eigenvalue weighted by Gasteiger charge is -2.24. The molecule has 1 aliphatic heterocycles. The second-order valence-corrected chi connectivity index (χ2v) is 9.34. The van der Waals surface area contributed by atoms with Crippen LogP contribution in [0.3, 0.4) is 0 Å². The molecular weight excluding hydrogens is 479 g/mol. The lowest BCUT2D eigenvalue weighted by Crippen LogP contribution is -2.22. The van der Waals surface area contributed by atoms with Gasteiger partial charge in [-0.05, 0) is 48.6 Å². The second kappa shape index (κ2) is 9.06. The van der Waals surface area contributed by atoms with Crippen LogP contribution in [0.25, 0.3) is 0 Å². The van der Waals surface area contributed by atoms with E-state index in [1.165, 1.54) is 11.5 Å². The van der Waals surface area contributed by atoms with Gasteiger partial charge in [0.2, 0.25) is 5.91 Å². The molecule has 0 spiro atoms. The van der Waals surface area contributed by atoms with Gasteiger partial charge < -0.3 is 14.8 Å². The van der Waals surface area contributed by atoms with Gasteiger partial charge in [0.15, 0.2) is 5.79 Å². The molecule has 2 heterocycles. The number of nitrogens with one attached hydrogen (secondary N) is 1. The van der Waals surface area contributed by atoms with Gasteiger partial charge in [0.25, 0.3) is 0 Å². The van der Waals surface area contributed by atoms with Gasteiger partial charge in [0.1, 0.15) is 11.1 Å². The van der Waals surface area contributed by atoms with Crippen LogP contribution in [0.5, 0.6) is 0 Å². The smallest absolute Gasteiger partial charge is 0.229 e. The van der Waals surface area contributed by atoms with Crippen LogP contribution < -0.4 is 5.32 Å². The molecule has 2 atom stereocenters. The molecule has 4 rings (SSSR count). The third kappa shape index (κ3) is 4.90. The number of aromatic nitrogens is 1. The lowest BCUT2D eigenvalue weighted by atomic mass is 10.0. The first-order valence-corrected chi connectivity index (χ1v) is 11.4. The van der Waals surface area contributed by atoms with Crippen molar-refractivity contribution < 1.29 is 14.3 Å². The molecule has 1 aliphatic rings. The summed E-state index contributed by atoms with van der Waals surface area (Å²) in [6.07, 6.45) is -0.0319. The summed E-state index contributed by atoms with van der Waals surface area (Å²) < 4.78 is 16.3. The molecule has 0 aliphatic carbocycles. The largest absolute Gasteiger partial charge is 0.343 e. The first kappa shape index (κ1) is 22.5. The van der Waals surface area contributed by atoms with Crippen molar-refractivity contribution in [2.45, 2.75) is 32.2 Å². The van der Waals surface area contributed by atoms with Gasteiger partial charge >= 0.3 is 0 Å². The molecule has 0 radical (unpaired) electrons. The van der Waals surface area contributed by atoms with Gasteiger partial charge in [0.05, 0.1) is 33.8 Å². The molecule has 1 saturated heterocycles. The molecule has 9 heteroatoms. The summed E-state index contributed by atoms with van der Waals surface area (Å²) in [4.78, 5) is 12.3. The summed E-state index contributed by atoms with van der Waals surface area (Å²) in [6, 6.07) is 13.0. The number of carbonyl (C=O) groups is 1. The van der Waals surface area contributed by atoms with Gasteiger partial charge in [-0.1, -0.05) is 65.1 Å². The van der Waals surface area contributed by atoms with Crippen molar-refractivity contribution in [2.75, 3.05) is 11.9 Å². The predicted molar refractivity (Wildman–Crippen MR) is 124 cm³/mol. The molecule has 2 aromatic carbocycles. The van der Waals surface area contributed by atoms with E-state index in [2.05, 4.69) is 9.69 Å². The number of carbonyl (C=O) groups excluding carboxylic acids is 1. The number of benzene rings is 2. The SMILES string of the molecule is Cc1nsc(NC(=O)Cc2ccc(C3(C)OCC(c4ccc(Cl)c(Cl)c4)O3)cc2)c1Cl. The van der Waals surface area contributed by atoms with E-state index >= 15 is 0 Å². The van der Waals surface area contributed by atoms with Crippen LogP contribution in [0.4, 0.5) is 5.00 Å². The van der Waals surface area contributed by atoms with E-state index in [1.807, 2.05) is 37.3 Å². The Morgan fingerprint density at radius 1 is 1.19 bits per heavy atom. The van der Waals surface area contributed by atoms with Crippen LogP contribution in [0.15, 0.2) is 42.5 Å². The van der Waals surface area contributed by atoms with E-state index in [0.29, 0.717) is 32.4 Å². The van der Waals surface area contributed by atoms with Crippen molar-refractivity contribution in [3.05, 3.63) is 79.9 Å². The Morgan fingerprint density at radius 3 is 2.58 bits per heavy atom. The first-order chi connectivity index (χ1) is 14.7. The zero-order valence-corrected chi connectivity index (χ0v) is 19.8. The van der Waals surface area contributed by atoms with E-state index in [4.69, 9.17) is 44.3 Å². The fraction of sp³-hybridized carbons (Fsp3) is 0.273. The number of rotatable bonds is 5. The molecule has 0 saturated carbocycles. The van der Waals surface area contributed by atoms with Gasteiger partial charge in [0, 0.05) is 5.56 Å². The number of hydrogen-bond donors (Lipinski definition) is 1. The quantitative estimate of drug-likeness (QED) is 0.434. The van der Waals surface area contributed by atoms with Crippen LogP contribution >= 0.6 is 46.3 Å². The Balaban J connectivity index is 1.41. The summed E-state index contributed by atoms with van der Waals surface area (Å²) in [6.45, 7) is 4.07. The third-order valence-corrected chi connectivity index (χ3v) is 7.25. The van der Waals surface area contributed by atoms with Crippen molar-refractivity contribution in [1.82, 2.24) is 4.37 Å². The maximum atomic E-state index is 12.3. The van der Waals surface area contributed by atoms with Crippen LogP contribution in [0, 0.1) is 6.92 Å². The summed E-state index contributed by atoms with van der Waals surface area (Å²) in [5.74, 6) is -1.05. The van der Waals surface area contributed by atoms with E-state index in [9.17, 15) is 4.79 Å². The molecule has 3 aromatic rings. The normalized spacial score (nSPS) is 20.7. The zero-order valence-electron chi connectivity index (χ0n) is 16.7. The van der Waals surface area contributed by atoms with Crippen LogP contribution in [0.2, 0.25) is 15.1 Å². The van der Waals surface area contributed by atoms with Crippen molar-refractivity contribution >= 4 is 57.2 Å². The Kier molecular flexibility index (Phi) is 6.58. The highest BCUT2D eigenvalue weighted by Gasteiger charge is 2.39. The van der Waals surface area contributed by atoms with E-state index < -0.39 is 5.79 Å². The van der Waals surface area contributed by atoms with E-state index in [0.717, 1.165) is 16.7 Å². The minimum atomic E-state index is -0.898. The van der Waals surface area contributed by atoms with E-state index in [1.54, 1.807) is 19.1 Å². The van der Waals surface area contributed by atoms with Crippen LogP contribution in [0.1, 0.15) is 35.4 Å². The minimum Gasteiger partial charge on any atom is -0.343 e.